The SMILES string of the molecule is CN1CCC(NCc2c(Cl)oc3ccccc23)C1=O. The van der Waals surface area contributed by atoms with Crippen molar-refractivity contribution in [2.75, 3.05) is 13.6 Å². The van der Waals surface area contributed by atoms with Gasteiger partial charge in [0.15, 0.2) is 5.22 Å². The van der Waals surface area contributed by atoms with Crippen LogP contribution >= 0.6 is 11.6 Å². The van der Waals surface area contributed by atoms with Gasteiger partial charge in [0.25, 0.3) is 0 Å². The monoisotopic (exact) mass is 278 g/mol. The minimum Gasteiger partial charge on any atom is -0.444 e. The van der Waals surface area contributed by atoms with Gasteiger partial charge >= 0.3 is 0 Å². The van der Waals surface area contributed by atoms with E-state index in [0.717, 1.165) is 29.5 Å². The first-order valence-corrected chi connectivity index (χ1v) is 6.69. The molecule has 0 radical (unpaired) electrons. The second kappa shape index (κ2) is 4.87. The molecular weight excluding hydrogens is 264 g/mol. The summed E-state index contributed by atoms with van der Waals surface area (Å²) in [5.74, 6) is 0.143. The Morgan fingerprint density at radius 1 is 1.47 bits per heavy atom. The number of para-hydroxylation sites is 1. The van der Waals surface area contributed by atoms with Crippen molar-refractivity contribution in [1.82, 2.24) is 10.2 Å². The standard InChI is InChI=1S/C14H15ClN2O2/c1-17-7-6-11(14(17)18)16-8-10-9-4-2-3-5-12(9)19-13(10)15/h2-5,11,16H,6-8H2,1H3. The summed E-state index contributed by atoms with van der Waals surface area (Å²) in [4.78, 5) is 13.6. The predicted octanol–water partition coefficient (Wildman–Crippen LogP) is 2.41. The molecule has 0 saturated carbocycles. The number of benzene rings is 1. The van der Waals surface area contributed by atoms with Crippen LogP contribution in [0.5, 0.6) is 0 Å². The minimum atomic E-state index is -0.116. The average Bonchev–Trinajstić information content (AvgIpc) is 2.89. The van der Waals surface area contributed by atoms with Crippen molar-refractivity contribution in [2.24, 2.45) is 0 Å². The molecule has 1 aromatic carbocycles. The summed E-state index contributed by atoms with van der Waals surface area (Å²) in [6.07, 6.45) is 0.836. The predicted molar refractivity (Wildman–Crippen MR) is 74.1 cm³/mol. The molecule has 3 rings (SSSR count). The highest BCUT2D eigenvalue weighted by molar-refractivity contribution is 6.30. The highest BCUT2D eigenvalue weighted by atomic mass is 35.5. The van der Waals surface area contributed by atoms with E-state index in [0.29, 0.717) is 11.8 Å². The number of nitrogens with zero attached hydrogens (tertiary/aromatic N) is 1. The lowest BCUT2D eigenvalue weighted by molar-refractivity contribution is -0.128. The van der Waals surface area contributed by atoms with Gasteiger partial charge in [0, 0.05) is 31.1 Å². The third-order valence-corrected chi connectivity index (χ3v) is 3.91. The molecule has 1 atom stereocenters. The Balaban J connectivity index is 1.79. The lowest BCUT2D eigenvalue weighted by Crippen LogP contribution is -2.36. The van der Waals surface area contributed by atoms with Crippen molar-refractivity contribution in [3.8, 4) is 0 Å². The smallest absolute Gasteiger partial charge is 0.239 e. The summed E-state index contributed by atoms with van der Waals surface area (Å²) in [7, 11) is 1.82. The van der Waals surface area contributed by atoms with Crippen molar-refractivity contribution in [1.29, 1.82) is 0 Å². The largest absolute Gasteiger partial charge is 0.444 e. The summed E-state index contributed by atoms with van der Waals surface area (Å²) in [5.41, 5.74) is 1.69. The van der Waals surface area contributed by atoms with Gasteiger partial charge in [0.1, 0.15) is 5.58 Å². The molecule has 1 aliphatic rings. The van der Waals surface area contributed by atoms with E-state index < -0.39 is 0 Å². The Kier molecular flexibility index (Phi) is 3.21. The van der Waals surface area contributed by atoms with Gasteiger partial charge in [-0.05, 0) is 24.1 Å². The first-order chi connectivity index (χ1) is 9.16. The highest BCUT2D eigenvalue weighted by Crippen LogP contribution is 2.29. The van der Waals surface area contributed by atoms with Crippen LogP contribution in [0.4, 0.5) is 0 Å². The molecule has 1 N–H and O–H groups in total. The van der Waals surface area contributed by atoms with E-state index in [1.807, 2.05) is 31.3 Å². The number of rotatable bonds is 3. The number of likely N-dealkylation sites (N-methyl/N-ethyl adjacent to an activating group) is 1. The van der Waals surface area contributed by atoms with Crippen LogP contribution in [-0.4, -0.2) is 30.4 Å². The number of fused-ring (bicyclic) bond motifs is 1. The maximum Gasteiger partial charge on any atom is 0.239 e. The van der Waals surface area contributed by atoms with Crippen molar-refractivity contribution in [3.05, 3.63) is 35.0 Å². The molecule has 2 heterocycles. The Morgan fingerprint density at radius 2 is 2.26 bits per heavy atom. The Labute approximate surface area is 116 Å². The normalized spacial score (nSPS) is 19.6. The highest BCUT2D eigenvalue weighted by Gasteiger charge is 2.28. The molecule has 1 fully saturated rings. The minimum absolute atomic E-state index is 0.116. The van der Waals surface area contributed by atoms with Gasteiger partial charge in [0.2, 0.25) is 5.91 Å². The zero-order valence-electron chi connectivity index (χ0n) is 10.6. The molecule has 1 aromatic heterocycles. The first kappa shape index (κ1) is 12.5. The number of halogens is 1. The van der Waals surface area contributed by atoms with Gasteiger partial charge in [-0.2, -0.15) is 0 Å². The van der Waals surface area contributed by atoms with Gasteiger partial charge in [-0.15, -0.1) is 0 Å². The molecule has 0 aliphatic carbocycles. The number of hydrogen-bond acceptors (Lipinski definition) is 3. The van der Waals surface area contributed by atoms with Gasteiger partial charge < -0.3 is 14.6 Å². The molecule has 4 nitrogen and oxygen atoms in total. The zero-order chi connectivity index (χ0) is 13.4. The topological polar surface area (TPSA) is 45.5 Å². The molecule has 1 saturated heterocycles. The first-order valence-electron chi connectivity index (χ1n) is 6.31. The molecule has 5 heteroatoms. The summed E-state index contributed by atoms with van der Waals surface area (Å²) in [5, 5.41) is 4.66. The van der Waals surface area contributed by atoms with Gasteiger partial charge in [-0.3, -0.25) is 4.79 Å². The molecular formula is C14H15ClN2O2. The van der Waals surface area contributed by atoms with Crippen LogP contribution in [0.25, 0.3) is 11.0 Å². The molecule has 0 bridgehead atoms. The fourth-order valence-electron chi connectivity index (χ4n) is 2.47. The molecule has 1 amide bonds. The van der Waals surface area contributed by atoms with Crippen LogP contribution < -0.4 is 5.32 Å². The summed E-state index contributed by atoms with van der Waals surface area (Å²) in [6.45, 7) is 1.34. The number of furan rings is 1. The van der Waals surface area contributed by atoms with Crippen LogP contribution in [-0.2, 0) is 11.3 Å². The molecule has 100 valence electrons. The average molecular weight is 279 g/mol. The quantitative estimate of drug-likeness (QED) is 0.938. The lowest BCUT2D eigenvalue weighted by atomic mass is 10.1. The van der Waals surface area contributed by atoms with Gasteiger partial charge in [-0.1, -0.05) is 18.2 Å². The van der Waals surface area contributed by atoms with Crippen LogP contribution in [0.2, 0.25) is 5.22 Å². The Bertz CT molecular complexity index is 623. The van der Waals surface area contributed by atoms with Crippen molar-refractivity contribution in [2.45, 2.75) is 19.0 Å². The van der Waals surface area contributed by atoms with E-state index in [2.05, 4.69) is 5.32 Å². The molecule has 1 aliphatic heterocycles. The number of amides is 1. The molecule has 19 heavy (non-hydrogen) atoms. The van der Waals surface area contributed by atoms with Crippen molar-refractivity contribution < 1.29 is 9.21 Å². The van der Waals surface area contributed by atoms with E-state index in [-0.39, 0.29) is 11.9 Å². The summed E-state index contributed by atoms with van der Waals surface area (Å²) < 4.78 is 5.49. The number of carbonyl (C=O) groups is 1. The van der Waals surface area contributed by atoms with Crippen LogP contribution in [0.1, 0.15) is 12.0 Å². The third-order valence-electron chi connectivity index (χ3n) is 3.60. The van der Waals surface area contributed by atoms with Crippen molar-refractivity contribution in [3.63, 3.8) is 0 Å². The maximum absolute atomic E-state index is 11.8. The van der Waals surface area contributed by atoms with Gasteiger partial charge in [-0.25, -0.2) is 0 Å². The summed E-state index contributed by atoms with van der Waals surface area (Å²) >= 11 is 6.12. The zero-order valence-corrected chi connectivity index (χ0v) is 11.4. The maximum atomic E-state index is 11.8. The fourth-order valence-corrected chi connectivity index (χ4v) is 2.72. The fraction of sp³-hybridized carbons (Fsp3) is 0.357. The number of nitrogens with one attached hydrogen (secondary N) is 1. The number of carbonyl (C=O) groups excluding carboxylic acids is 1. The van der Waals surface area contributed by atoms with Crippen LogP contribution in [0.3, 0.4) is 0 Å². The van der Waals surface area contributed by atoms with Crippen molar-refractivity contribution >= 4 is 28.5 Å². The van der Waals surface area contributed by atoms with E-state index in [1.54, 1.807) is 4.90 Å². The Hall–Kier alpha value is -1.52. The Morgan fingerprint density at radius 3 is 3.00 bits per heavy atom. The number of hydrogen-bond donors (Lipinski definition) is 1. The second-order valence-electron chi connectivity index (χ2n) is 4.83. The van der Waals surface area contributed by atoms with Crippen LogP contribution in [0.15, 0.2) is 28.7 Å². The third kappa shape index (κ3) is 2.22. The van der Waals surface area contributed by atoms with E-state index >= 15 is 0 Å². The lowest BCUT2D eigenvalue weighted by Gasteiger charge is -2.11. The van der Waals surface area contributed by atoms with Gasteiger partial charge in [0.05, 0.1) is 6.04 Å². The summed E-state index contributed by atoms with van der Waals surface area (Å²) in [6, 6.07) is 7.61. The van der Waals surface area contributed by atoms with E-state index in [4.69, 9.17) is 16.0 Å². The number of likely N-dealkylation sites (tertiary alicyclic amines) is 1. The molecule has 2 aromatic rings. The van der Waals surface area contributed by atoms with E-state index in [1.165, 1.54) is 0 Å². The van der Waals surface area contributed by atoms with E-state index in [9.17, 15) is 4.79 Å². The molecule has 1 unspecified atom stereocenters. The molecule has 0 spiro atoms. The van der Waals surface area contributed by atoms with Crippen LogP contribution in [0, 0.1) is 0 Å². The second-order valence-corrected chi connectivity index (χ2v) is 5.18.